The molecule has 2 bridgehead atoms. The highest BCUT2D eigenvalue weighted by Gasteiger charge is 2.62. The van der Waals surface area contributed by atoms with Crippen LogP contribution in [0.2, 0.25) is 0 Å². The van der Waals surface area contributed by atoms with E-state index in [9.17, 15) is 8.42 Å². The van der Waals surface area contributed by atoms with Crippen LogP contribution in [0.15, 0.2) is 11.1 Å². The lowest BCUT2D eigenvalue weighted by molar-refractivity contribution is 0.181. The predicted octanol–water partition coefficient (Wildman–Crippen LogP) is 2.44. The van der Waals surface area contributed by atoms with Gasteiger partial charge < -0.3 is 0 Å². The number of fused-ring (bicyclic) bond motifs is 2. The molecule has 2 atom stereocenters. The van der Waals surface area contributed by atoms with Crippen LogP contribution in [-0.4, -0.2) is 14.2 Å². The predicted molar refractivity (Wildman–Crippen MR) is 69.9 cm³/mol. The van der Waals surface area contributed by atoms with Gasteiger partial charge in [-0.05, 0) is 44.4 Å². The van der Waals surface area contributed by atoms with Crippen molar-refractivity contribution in [3.8, 4) is 0 Å². The smallest absolute Gasteiger partial charge is 0.209 e. The van der Waals surface area contributed by atoms with Gasteiger partial charge in [0.25, 0.3) is 0 Å². The van der Waals surface area contributed by atoms with E-state index >= 15 is 0 Å². The summed E-state index contributed by atoms with van der Waals surface area (Å²) in [6.45, 7) is 8.62. The topological polar surface area (TPSA) is 60.2 Å². The van der Waals surface area contributed by atoms with Crippen LogP contribution in [0.4, 0.5) is 0 Å². The number of hydrogen-bond acceptors (Lipinski definition) is 2. The average Bonchev–Trinajstić information content (AvgIpc) is 2.46. The van der Waals surface area contributed by atoms with Crippen LogP contribution >= 0.6 is 0 Å². The lowest BCUT2D eigenvalue weighted by Gasteiger charge is -2.39. The Balaban J connectivity index is 2.56. The molecule has 0 aromatic carbocycles. The maximum Gasteiger partial charge on any atom is 0.209 e. The van der Waals surface area contributed by atoms with E-state index in [4.69, 9.17) is 5.14 Å². The van der Waals surface area contributed by atoms with Gasteiger partial charge in [-0.1, -0.05) is 25.0 Å². The number of allylic oxidation sites excluding steroid dienone is 2. The molecule has 0 amide bonds. The normalized spacial score (nSPS) is 35.4. The molecule has 2 saturated carbocycles. The molecule has 2 aliphatic carbocycles. The van der Waals surface area contributed by atoms with Gasteiger partial charge in [0, 0.05) is 5.41 Å². The number of hydrogen-bond donors (Lipinski definition) is 1. The molecule has 0 radical (unpaired) electrons. The number of rotatable bonds is 2. The largest absolute Gasteiger partial charge is 0.229 e. The van der Waals surface area contributed by atoms with Crippen LogP contribution in [0.25, 0.3) is 0 Å². The van der Waals surface area contributed by atoms with Crippen molar-refractivity contribution in [1.82, 2.24) is 0 Å². The number of primary sulfonamides is 1. The molecule has 2 N–H and O–H groups in total. The van der Waals surface area contributed by atoms with Gasteiger partial charge in [-0.3, -0.25) is 0 Å². The summed E-state index contributed by atoms with van der Waals surface area (Å²) >= 11 is 0. The van der Waals surface area contributed by atoms with Crippen LogP contribution < -0.4 is 5.14 Å². The fourth-order valence-corrected chi connectivity index (χ4v) is 5.58. The molecule has 0 heterocycles. The van der Waals surface area contributed by atoms with Crippen LogP contribution in [0.5, 0.6) is 0 Å². The van der Waals surface area contributed by atoms with E-state index in [1.165, 1.54) is 11.1 Å². The van der Waals surface area contributed by atoms with Crippen LogP contribution in [0, 0.1) is 16.7 Å². The Labute approximate surface area is 105 Å². The van der Waals surface area contributed by atoms with Gasteiger partial charge in [0.05, 0.1) is 5.75 Å². The van der Waals surface area contributed by atoms with E-state index < -0.39 is 10.0 Å². The summed E-state index contributed by atoms with van der Waals surface area (Å²) in [5, 5.41) is 5.33. The molecule has 4 heteroatoms. The number of nitrogens with two attached hydrogens (primary N) is 1. The monoisotopic (exact) mass is 257 g/mol. The molecule has 0 aromatic rings. The SMILES string of the molecule is CC(C)=C1CC2CC[C@@]1(CS(N)(=O)=O)C2(C)C. The Morgan fingerprint density at radius 2 is 2.00 bits per heavy atom. The summed E-state index contributed by atoms with van der Waals surface area (Å²) in [6.07, 6.45) is 3.17. The molecule has 17 heavy (non-hydrogen) atoms. The second-order valence-electron chi connectivity index (χ2n) is 6.53. The molecule has 0 spiro atoms. The molecule has 98 valence electrons. The third-order valence-electron chi connectivity index (χ3n) is 5.25. The second kappa shape index (κ2) is 3.58. The average molecular weight is 257 g/mol. The summed E-state index contributed by atoms with van der Waals surface area (Å²) in [4.78, 5) is 0. The van der Waals surface area contributed by atoms with E-state index in [2.05, 4.69) is 27.7 Å². The highest BCUT2D eigenvalue weighted by Crippen LogP contribution is 2.68. The Morgan fingerprint density at radius 1 is 1.41 bits per heavy atom. The lowest BCUT2D eigenvalue weighted by Crippen LogP contribution is -2.40. The molecule has 3 nitrogen and oxygen atoms in total. The lowest BCUT2D eigenvalue weighted by atomic mass is 9.68. The molecular formula is C13H23NO2S. The molecule has 1 unspecified atom stereocenters. The van der Waals surface area contributed by atoms with Gasteiger partial charge in [0.2, 0.25) is 10.0 Å². The summed E-state index contributed by atoms with van der Waals surface area (Å²) in [7, 11) is -3.42. The number of sulfonamides is 1. The summed E-state index contributed by atoms with van der Waals surface area (Å²) in [5.74, 6) is 0.735. The molecule has 0 aromatic heterocycles. The highest BCUT2D eigenvalue weighted by atomic mass is 32.2. The molecule has 2 aliphatic rings. The maximum atomic E-state index is 11.6. The first-order chi connectivity index (χ1) is 7.60. The Hall–Kier alpha value is -0.350. The first kappa shape index (κ1) is 13.1. The summed E-state index contributed by atoms with van der Waals surface area (Å²) in [5.41, 5.74) is 2.49. The molecule has 0 saturated heterocycles. The van der Waals surface area contributed by atoms with Gasteiger partial charge in [0.1, 0.15) is 0 Å². The summed E-state index contributed by atoms with van der Waals surface area (Å²) < 4.78 is 23.2. The zero-order valence-electron chi connectivity index (χ0n) is 11.2. The van der Waals surface area contributed by atoms with E-state index in [0.29, 0.717) is 5.92 Å². The van der Waals surface area contributed by atoms with Crippen molar-refractivity contribution in [3.05, 3.63) is 11.1 Å². The van der Waals surface area contributed by atoms with Crippen LogP contribution in [-0.2, 0) is 10.0 Å². The van der Waals surface area contributed by atoms with Crippen molar-refractivity contribution in [1.29, 1.82) is 0 Å². The first-order valence-electron chi connectivity index (χ1n) is 6.27. The third kappa shape index (κ3) is 1.76. The molecule has 2 fully saturated rings. The Kier molecular flexibility index (Phi) is 2.75. The minimum Gasteiger partial charge on any atom is -0.229 e. The zero-order valence-corrected chi connectivity index (χ0v) is 12.0. The third-order valence-corrected chi connectivity index (χ3v) is 6.15. The van der Waals surface area contributed by atoms with Gasteiger partial charge in [-0.15, -0.1) is 0 Å². The fraction of sp³-hybridized carbons (Fsp3) is 0.846. The van der Waals surface area contributed by atoms with E-state index in [1.807, 2.05) is 0 Å². The molecule has 2 rings (SSSR count). The minimum absolute atomic E-state index is 0.0616. The molecule has 0 aliphatic heterocycles. The van der Waals surface area contributed by atoms with Crippen LogP contribution in [0.3, 0.4) is 0 Å². The van der Waals surface area contributed by atoms with Gasteiger partial charge in [-0.25, -0.2) is 13.6 Å². The van der Waals surface area contributed by atoms with Gasteiger partial charge >= 0.3 is 0 Å². The summed E-state index contributed by atoms with van der Waals surface area (Å²) in [6, 6.07) is 0. The fourth-order valence-electron chi connectivity index (χ4n) is 4.20. The van der Waals surface area contributed by atoms with E-state index in [0.717, 1.165) is 19.3 Å². The standard InChI is InChI=1S/C13H23NO2S/c1-9(2)11-7-10-5-6-13(11,12(10,3)4)8-17(14,15)16/h10H,5-8H2,1-4H3,(H2,14,15,16)/t10?,13-/m0/s1. The van der Waals surface area contributed by atoms with Crippen molar-refractivity contribution in [2.24, 2.45) is 21.9 Å². The van der Waals surface area contributed by atoms with Crippen molar-refractivity contribution in [2.75, 3.05) is 5.75 Å². The minimum atomic E-state index is -3.42. The Bertz CT molecular complexity index is 472. The quantitative estimate of drug-likeness (QED) is 0.772. The Morgan fingerprint density at radius 3 is 2.41 bits per heavy atom. The van der Waals surface area contributed by atoms with Crippen LogP contribution in [0.1, 0.15) is 47.0 Å². The molecular weight excluding hydrogens is 234 g/mol. The van der Waals surface area contributed by atoms with Gasteiger partial charge in [0.15, 0.2) is 0 Å². The van der Waals surface area contributed by atoms with Gasteiger partial charge in [-0.2, -0.15) is 0 Å². The first-order valence-corrected chi connectivity index (χ1v) is 7.99. The van der Waals surface area contributed by atoms with Crippen molar-refractivity contribution in [2.45, 2.75) is 47.0 Å². The maximum absolute atomic E-state index is 11.6. The highest BCUT2D eigenvalue weighted by molar-refractivity contribution is 7.89. The van der Waals surface area contributed by atoms with Crippen molar-refractivity contribution < 1.29 is 8.42 Å². The van der Waals surface area contributed by atoms with Crippen molar-refractivity contribution >= 4 is 10.0 Å². The zero-order chi connectivity index (χ0) is 13.1. The van der Waals surface area contributed by atoms with E-state index in [-0.39, 0.29) is 16.6 Å². The van der Waals surface area contributed by atoms with Crippen molar-refractivity contribution in [3.63, 3.8) is 0 Å². The second-order valence-corrected chi connectivity index (χ2v) is 8.14. The van der Waals surface area contributed by atoms with E-state index in [1.54, 1.807) is 0 Å².